The van der Waals surface area contributed by atoms with Gasteiger partial charge in [0.15, 0.2) is 0 Å². The molecule has 0 spiro atoms. The van der Waals surface area contributed by atoms with Gasteiger partial charge in [0.05, 0.1) is 12.8 Å². The van der Waals surface area contributed by atoms with Crippen molar-refractivity contribution in [1.82, 2.24) is 9.80 Å². The molecule has 156 valence electrons. The number of rotatable bonds is 8. The fourth-order valence-corrected chi connectivity index (χ4v) is 4.36. The van der Waals surface area contributed by atoms with E-state index < -0.39 is 0 Å². The minimum Gasteiger partial charge on any atom is -0.495 e. The summed E-state index contributed by atoms with van der Waals surface area (Å²) in [5.74, 6) is 1.47. The summed E-state index contributed by atoms with van der Waals surface area (Å²) in [5.41, 5.74) is 1.80. The number of piperazine rings is 1. The summed E-state index contributed by atoms with van der Waals surface area (Å²) >= 11 is 7.95. The molecule has 1 fully saturated rings. The van der Waals surface area contributed by atoms with Crippen LogP contribution in [0.3, 0.4) is 0 Å². The Hall–Kier alpha value is -1.73. The first-order valence-electron chi connectivity index (χ1n) is 9.89. The van der Waals surface area contributed by atoms with Gasteiger partial charge in [0.25, 0.3) is 5.24 Å². The van der Waals surface area contributed by atoms with Gasteiger partial charge in [-0.15, -0.1) is 11.6 Å². The van der Waals surface area contributed by atoms with Crippen LogP contribution in [-0.2, 0) is 0 Å². The predicted molar refractivity (Wildman–Crippen MR) is 122 cm³/mol. The standard InChI is InChI=1S/C22H28ClN3O2S/c1-28-20-11-6-5-10-19(20)24-22(27)29-17-7-12-25-13-15-26(16-14-25)21(23)18-8-3-2-4-9-18/h2-6,8-11,21H,7,12-17H2,1H3,(H,24,27). The molecule has 1 amide bonds. The molecule has 2 aromatic carbocycles. The van der Waals surface area contributed by atoms with Crippen LogP contribution in [0, 0.1) is 0 Å². The Labute approximate surface area is 182 Å². The van der Waals surface area contributed by atoms with Crippen molar-refractivity contribution < 1.29 is 9.53 Å². The molecule has 1 aliphatic rings. The molecule has 3 rings (SSSR count). The van der Waals surface area contributed by atoms with Gasteiger partial charge >= 0.3 is 0 Å². The molecule has 0 aliphatic carbocycles. The number of anilines is 1. The van der Waals surface area contributed by atoms with Gasteiger partial charge in [0, 0.05) is 31.9 Å². The van der Waals surface area contributed by atoms with Crippen LogP contribution in [0.15, 0.2) is 54.6 Å². The number of hydrogen-bond donors (Lipinski definition) is 1. The minimum atomic E-state index is -0.0624. The van der Waals surface area contributed by atoms with Crippen LogP contribution >= 0.6 is 23.4 Å². The van der Waals surface area contributed by atoms with Crippen LogP contribution in [-0.4, -0.2) is 60.6 Å². The van der Waals surface area contributed by atoms with Crippen LogP contribution in [0.5, 0.6) is 5.75 Å². The van der Waals surface area contributed by atoms with Crippen LogP contribution in [0.25, 0.3) is 0 Å². The van der Waals surface area contributed by atoms with Gasteiger partial charge in [-0.05, 0) is 30.7 Å². The first-order chi connectivity index (χ1) is 14.2. The SMILES string of the molecule is COc1ccccc1NC(=O)SCCCN1CCN(C(Cl)c2ccccc2)CC1. The zero-order valence-corrected chi connectivity index (χ0v) is 18.3. The van der Waals surface area contributed by atoms with E-state index in [0.717, 1.165) is 50.5 Å². The van der Waals surface area contributed by atoms with E-state index in [1.807, 2.05) is 42.5 Å². The minimum absolute atomic E-state index is 0.0489. The molecule has 5 nitrogen and oxygen atoms in total. The summed E-state index contributed by atoms with van der Waals surface area (Å²) in [4.78, 5) is 16.9. The number of carbonyl (C=O) groups excluding carboxylic acids is 1. The number of thioether (sulfide) groups is 1. The molecular weight excluding hydrogens is 406 g/mol. The number of alkyl halides is 1. The van der Waals surface area contributed by atoms with E-state index in [-0.39, 0.29) is 10.7 Å². The lowest BCUT2D eigenvalue weighted by Crippen LogP contribution is -2.46. The molecule has 1 N–H and O–H groups in total. The molecule has 29 heavy (non-hydrogen) atoms. The van der Waals surface area contributed by atoms with Crippen molar-refractivity contribution in [2.75, 3.05) is 50.9 Å². The number of nitrogens with zero attached hydrogens (tertiary/aromatic N) is 2. The van der Waals surface area contributed by atoms with Crippen molar-refractivity contribution in [2.45, 2.75) is 11.9 Å². The zero-order valence-electron chi connectivity index (χ0n) is 16.7. The molecule has 1 unspecified atom stereocenters. The van der Waals surface area contributed by atoms with Crippen LogP contribution in [0.2, 0.25) is 0 Å². The Morgan fingerprint density at radius 2 is 1.79 bits per heavy atom. The second-order valence-corrected chi connectivity index (χ2v) is 8.42. The monoisotopic (exact) mass is 433 g/mol. The van der Waals surface area contributed by atoms with Crippen molar-refractivity contribution in [2.24, 2.45) is 0 Å². The Balaban J connectivity index is 1.32. The molecule has 7 heteroatoms. The normalized spacial score (nSPS) is 16.3. The second-order valence-electron chi connectivity index (χ2n) is 6.94. The molecule has 2 aromatic rings. The van der Waals surface area contributed by atoms with Gasteiger partial charge in [-0.2, -0.15) is 0 Å². The van der Waals surface area contributed by atoms with E-state index in [2.05, 4.69) is 27.2 Å². The van der Waals surface area contributed by atoms with Gasteiger partial charge in [-0.3, -0.25) is 9.69 Å². The number of para-hydroxylation sites is 2. The number of methoxy groups -OCH3 is 1. The number of nitrogens with one attached hydrogen (secondary N) is 1. The Bertz CT molecular complexity index is 770. The maximum atomic E-state index is 12.1. The second kappa shape index (κ2) is 11.5. The highest BCUT2D eigenvalue weighted by atomic mass is 35.5. The highest BCUT2D eigenvalue weighted by Crippen LogP contribution is 2.26. The van der Waals surface area contributed by atoms with Crippen molar-refractivity contribution in [3.05, 3.63) is 60.2 Å². The number of halogens is 1. The van der Waals surface area contributed by atoms with Gasteiger partial charge in [0.2, 0.25) is 0 Å². The molecular formula is C22H28ClN3O2S. The van der Waals surface area contributed by atoms with E-state index in [1.54, 1.807) is 7.11 Å². The van der Waals surface area contributed by atoms with E-state index >= 15 is 0 Å². The molecule has 0 radical (unpaired) electrons. The molecule has 1 saturated heterocycles. The zero-order chi connectivity index (χ0) is 20.5. The van der Waals surface area contributed by atoms with Gasteiger partial charge in [-0.25, -0.2) is 0 Å². The Morgan fingerprint density at radius 3 is 2.52 bits per heavy atom. The Morgan fingerprint density at radius 1 is 1.10 bits per heavy atom. The third kappa shape index (κ3) is 6.64. The van der Waals surface area contributed by atoms with E-state index in [9.17, 15) is 4.79 Å². The summed E-state index contributed by atoms with van der Waals surface area (Å²) < 4.78 is 5.26. The van der Waals surface area contributed by atoms with E-state index in [1.165, 1.54) is 11.8 Å². The number of benzene rings is 2. The van der Waals surface area contributed by atoms with Crippen LogP contribution in [0.1, 0.15) is 17.5 Å². The number of ether oxygens (including phenoxy) is 1. The topological polar surface area (TPSA) is 44.8 Å². The molecule has 0 saturated carbocycles. The van der Waals surface area contributed by atoms with Crippen molar-refractivity contribution in [1.29, 1.82) is 0 Å². The summed E-state index contributed by atoms with van der Waals surface area (Å²) in [5, 5.41) is 2.85. The third-order valence-corrected chi connectivity index (χ3v) is 6.38. The van der Waals surface area contributed by atoms with E-state index in [4.69, 9.17) is 16.3 Å². The van der Waals surface area contributed by atoms with Crippen molar-refractivity contribution in [3.63, 3.8) is 0 Å². The van der Waals surface area contributed by atoms with Gasteiger partial charge < -0.3 is 15.0 Å². The maximum Gasteiger partial charge on any atom is 0.283 e. The van der Waals surface area contributed by atoms with Crippen LogP contribution < -0.4 is 10.1 Å². The Kier molecular flexibility index (Phi) is 8.68. The molecule has 0 aromatic heterocycles. The smallest absolute Gasteiger partial charge is 0.283 e. The quantitative estimate of drug-likeness (QED) is 0.364. The first kappa shape index (κ1) is 22.0. The molecule has 1 atom stereocenters. The van der Waals surface area contributed by atoms with E-state index in [0.29, 0.717) is 11.4 Å². The number of hydrogen-bond acceptors (Lipinski definition) is 5. The average molecular weight is 434 g/mol. The first-order valence-corrected chi connectivity index (χ1v) is 11.3. The predicted octanol–water partition coefficient (Wildman–Crippen LogP) is 4.91. The average Bonchev–Trinajstić information content (AvgIpc) is 2.77. The lowest BCUT2D eigenvalue weighted by molar-refractivity contribution is 0.122. The lowest BCUT2D eigenvalue weighted by atomic mass is 10.2. The third-order valence-electron chi connectivity index (χ3n) is 5.00. The summed E-state index contributed by atoms with van der Waals surface area (Å²) in [6.07, 6.45) is 0.979. The summed E-state index contributed by atoms with van der Waals surface area (Å²) in [7, 11) is 1.60. The number of carbonyl (C=O) groups is 1. The highest BCUT2D eigenvalue weighted by molar-refractivity contribution is 8.13. The lowest BCUT2D eigenvalue weighted by Gasteiger charge is -2.37. The fraction of sp³-hybridized carbons (Fsp3) is 0.409. The highest BCUT2D eigenvalue weighted by Gasteiger charge is 2.23. The fourth-order valence-electron chi connectivity index (χ4n) is 3.38. The maximum absolute atomic E-state index is 12.1. The largest absolute Gasteiger partial charge is 0.495 e. The van der Waals surface area contributed by atoms with Crippen molar-refractivity contribution in [3.8, 4) is 5.75 Å². The molecule has 1 heterocycles. The molecule has 0 bridgehead atoms. The van der Waals surface area contributed by atoms with Gasteiger partial charge in [0.1, 0.15) is 11.3 Å². The summed E-state index contributed by atoms with van der Waals surface area (Å²) in [6, 6.07) is 17.7. The molecule has 1 aliphatic heterocycles. The van der Waals surface area contributed by atoms with Crippen molar-refractivity contribution >= 4 is 34.3 Å². The summed E-state index contributed by atoms with van der Waals surface area (Å²) in [6.45, 7) is 4.94. The van der Waals surface area contributed by atoms with Crippen LogP contribution in [0.4, 0.5) is 10.5 Å². The van der Waals surface area contributed by atoms with Gasteiger partial charge in [-0.1, -0.05) is 54.2 Å². The number of amides is 1.